The molecule has 188 valence electrons. The number of aromatic amines is 1. The molecular formula is C26H27F2N5O3. The van der Waals surface area contributed by atoms with Crippen LogP contribution in [0.15, 0.2) is 42.7 Å². The van der Waals surface area contributed by atoms with Gasteiger partial charge in [-0.05, 0) is 60.7 Å². The van der Waals surface area contributed by atoms with Gasteiger partial charge in [-0.1, -0.05) is 12.8 Å². The molecule has 2 heterocycles. The van der Waals surface area contributed by atoms with Crippen molar-refractivity contribution in [2.75, 3.05) is 18.1 Å². The fourth-order valence-corrected chi connectivity index (χ4v) is 4.99. The molecule has 1 aliphatic carbocycles. The van der Waals surface area contributed by atoms with Crippen LogP contribution in [-0.2, 0) is 6.42 Å². The highest BCUT2D eigenvalue weighted by atomic mass is 19.1. The first kappa shape index (κ1) is 23.9. The number of anilines is 1. The molecule has 3 aromatic rings. The van der Waals surface area contributed by atoms with E-state index < -0.39 is 30.3 Å². The van der Waals surface area contributed by atoms with Crippen molar-refractivity contribution in [1.29, 1.82) is 0 Å². The standard InChI is InChI=1S/C26H27F2N5O3/c27-19-8-16(7-17(9-19)25(35)31-20-3-1-2-4-20)23(14-34)32-26(36)33-6-5-15-10-21(18-12-29-30-13-18)22(28)11-24(15)33/h7-13,20,23,34H,1-6,14H2,(H,29,30)(H,31,35)(H,32,36). The summed E-state index contributed by atoms with van der Waals surface area (Å²) in [7, 11) is 0. The molecule has 0 saturated heterocycles. The number of nitrogens with one attached hydrogen (secondary N) is 3. The van der Waals surface area contributed by atoms with Gasteiger partial charge in [-0.2, -0.15) is 5.10 Å². The number of aliphatic hydroxyl groups excluding tert-OH is 1. The van der Waals surface area contributed by atoms with Crippen LogP contribution in [-0.4, -0.2) is 46.4 Å². The number of nitrogens with zero attached hydrogens (tertiary/aromatic N) is 2. The summed E-state index contributed by atoms with van der Waals surface area (Å²) in [6.07, 6.45) is 7.53. The Hall–Kier alpha value is -3.79. The molecule has 3 amide bonds. The molecule has 1 aliphatic heterocycles. The second-order valence-corrected chi connectivity index (χ2v) is 9.26. The average molecular weight is 496 g/mol. The topological polar surface area (TPSA) is 110 Å². The van der Waals surface area contributed by atoms with Crippen LogP contribution in [0.4, 0.5) is 19.3 Å². The Kier molecular flexibility index (Phi) is 6.69. The lowest BCUT2D eigenvalue weighted by molar-refractivity contribution is 0.0937. The van der Waals surface area contributed by atoms with Crippen molar-refractivity contribution in [3.8, 4) is 11.1 Å². The number of hydrogen-bond donors (Lipinski definition) is 4. The second kappa shape index (κ2) is 10.1. The minimum Gasteiger partial charge on any atom is -0.394 e. The molecule has 4 N–H and O–H groups in total. The molecule has 1 fully saturated rings. The summed E-state index contributed by atoms with van der Waals surface area (Å²) in [5, 5.41) is 22.1. The van der Waals surface area contributed by atoms with E-state index in [0.29, 0.717) is 29.8 Å². The van der Waals surface area contributed by atoms with Gasteiger partial charge in [0.2, 0.25) is 0 Å². The number of benzene rings is 2. The molecule has 0 bridgehead atoms. The normalized spacial score (nSPS) is 16.1. The van der Waals surface area contributed by atoms with E-state index in [2.05, 4.69) is 20.8 Å². The zero-order valence-corrected chi connectivity index (χ0v) is 19.6. The quantitative estimate of drug-likeness (QED) is 0.417. The summed E-state index contributed by atoms with van der Waals surface area (Å²) >= 11 is 0. The fraction of sp³-hybridized carbons (Fsp3) is 0.346. The molecule has 8 nitrogen and oxygen atoms in total. The molecule has 1 aromatic heterocycles. The van der Waals surface area contributed by atoms with Gasteiger partial charge in [0.25, 0.3) is 5.91 Å². The van der Waals surface area contributed by atoms with Gasteiger partial charge in [0.1, 0.15) is 11.6 Å². The molecule has 10 heteroatoms. The van der Waals surface area contributed by atoms with Crippen LogP contribution in [0.5, 0.6) is 0 Å². The maximum Gasteiger partial charge on any atom is 0.322 e. The number of urea groups is 1. The van der Waals surface area contributed by atoms with Gasteiger partial charge in [-0.15, -0.1) is 0 Å². The minimum absolute atomic E-state index is 0.0715. The van der Waals surface area contributed by atoms with Gasteiger partial charge < -0.3 is 15.7 Å². The number of rotatable bonds is 6. The van der Waals surface area contributed by atoms with E-state index in [1.165, 1.54) is 29.3 Å². The predicted molar refractivity (Wildman–Crippen MR) is 130 cm³/mol. The Morgan fingerprint density at radius 2 is 1.97 bits per heavy atom. The largest absolute Gasteiger partial charge is 0.394 e. The van der Waals surface area contributed by atoms with Crippen molar-refractivity contribution in [2.24, 2.45) is 0 Å². The lowest BCUT2D eigenvalue weighted by atomic mass is 10.0. The summed E-state index contributed by atoms with van der Waals surface area (Å²) in [5.74, 6) is -1.52. The Bertz CT molecular complexity index is 1270. The summed E-state index contributed by atoms with van der Waals surface area (Å²) in [6.45, 7) is -0.181. The van der Waals surface area contributed by atoms with E-state index in [1.807, 2.05) is 0 Å². The smallest absolute Gasteiger partial charge is 0.322 e. The molecule has 2 aliphatic rings. The number of hydrogen-bond acceptors (Lipinski definition) is 4. The Balaban J connectivity index is 1.33. The molecule has 36 heavy (non-hydrogen) atoms. The van der Waals surface area contributed by atoms with Crippen molar-refractivity contribution in [3.63, 3.8) is 0 Å². The summed E-state index contributed by atoms with van der Waals surface area (Å²) in [6, 6.07) is 5.38. The van der Waals surface area contributed by atoms with Gasteiger partial charge >= 0.3 is 6.03 Å². The third kappa shape index (κ3) is 4.81. The third-order valence-corrected chi connectivity index (χ3v) is 6.87. The summed E-state index contributed by atoms with van der Waals surface area (Å²) < 4.78 is 29.2. The number of aliphatic hydroxyl groups is 1. The highest BCUT2D eigenvalue weighted by molar-refractivity contribution is 5.96. The van der Waals surface area contributed by atoms with E-state index in [1.54, 1.807) is 12.3 Å². The van der Waals surface area contributed by atoms with Crippen molar-refractivity contribution in [3.05, 3.63) is 71.1 Å². The second-order valence-electron chi connectivity index (χ2n) is 9.26. The first-order chi connectivity index (χ1) is 17.4. The number of aromatic nitrogens is 2. The highest BCUT2D eigenvalue weighted by Crippen LogP contribution is 2.34. The number of amides is 3. The van der Waals surface area contributed by atoms with Gasteiger partial charge in [-0.25, -0.2) is 13.6 Å². The lowest BCUT2D eigenvalue weighted by Crippen LogP contribution is -2.42. The predicted octanol–water partition coefficient (Wildman–Crippen LogP) is 3.83. The van der Waals surface area contributed by atoms with Crippen LogP contribution in [0.25, 0.3) is 11.1 Å². The number of halogens is 2. The molecule has 0 radical (unpaired) electrons. The molecular weight excluding hydrogens is 468 g/mol. The number of carbonyl (C=O) groups excluding carboxylic acids is 2. The Morgan fingerprint density at radius 1 is 1.17 bits per heavy atom. The first-order valence-corrected chi connectivity index (χ1v) is 12.0. The summed E-state index contributed by atoms with van der Waals surface area (Å²) in [4.78, 5) is 27.2. The molecule has 1 saturated carbocycles. The number of fused-ring (bicyclic) bond motifs is 1. The van der Waals surface area contributed by atoms with Gasteiger partial charge in [0.15, 0.2) is 0 Å². The molecule has 2 aromatic carbocycles. The third-order valence-electron chi connectivity index (χ3n) is 6.87. The Labute approximate surface area is 206 Å². The first-order valence-electron chi connectivity index (χ1n) is 12.0. The van der Waals surface area contributed by atoms with Crippen molar-refractivity contribution in [1.82, 2.24) is 20.8 Å². The zero-order valence-electron chi connectivity index (χ0n) is 19.6. The van der Waals surface area contributed by atoms with Crippen LogP contribution in [0.2, 0.25) is 0 Å². The highest BCUT2D eigenvalue weighted by Gasteiger charge is 2.29. The summed E-state index contributed by atoms with van der Waals surface area (Å²) in [5.41, 5.74) is 2.64. The molecule has 1 unspecified atom stereocenters. The van der Waals surface area contributed by atoms with Crippen LogP contribution in [0.1, 0.15) is 53.2 Å². The minimum atomic E-state index is -0.953. The van der Waals surface area contributed by atoms with Gasteiger partial charge in [0.05, 0.1) is 24.5 Å². The van der Waals surface area contributed by atoms with Crippen molar-refractivity contribution in [2.45, 2.75) is 44.2 Å². The fourth-order valence-electron chi connectivity index (χ4n) is 4.99. The van der Waals surface area contributed by atoms with E-state index in [0.717, 1.165) is 37.3 Å². The number of carbonyl (C=O) groups is 2. The molecule has 1 atom stereocenters. The number of H-pyrrole nitrogens is 1. The van der Waals surface area contributed by atoms with Crippen molar-refractivity contribution < 1.29 is 23.5 Å². The average Bonchev–Trinajstić information content (AvgIpc) is 3.63. The monoisotopic (exact) mass is 495 g/mol. The van der Waals surface area contributed by atoms with Crippen LogP contribution in [0.3, 0.4) is 0 Å². The van der Waals surface area contributed by atoms with E-state index in [4.69, 9.17) is 0 Å². The van der Waals surface area contributed by atoms with Crippen molar-refractivity contribution >= 4 is 17.6 Å². The lowest BCUT2D eigenvalue weighted by Gasteiger charge is -2.23. The van der Waals surface area contributed by atoms with Crippen LogP contribution < -0.4 is 15.5 Å². The van der Waals surface area contributed by atoms with E-state index in [-0.39, 0.29) is 23.1 Å². The van der Waals surface area contributed by atoms with Crippen LogP contribution in [0, 0.1) is 11.6 Å². The molecule has 0 spiro atoms. The molecule has 5 rings (SSSR count). The van der Waals surface area contributed by atoms with Gasteiger partial charge in [0, 0.05) is 35.5 Å². The van der Waals surface area contributed by atoms with Gasteiger partial charge in [-0.3, -0.25) is 14.8 Å². The maximum absolute atomic E-state index is 14.8. The van der Waals surface area contributed by atoms with E-state index >= 15 is 0 Å². The maximum atomic E-state index is 14.8. The SMILES string of the molecule is O=C(NC1CCCC1)c1cc(F)cc(C(CO)NC(=O)N2CCc3cc(-c4cn[nH]c4)c(F)cc32)c1. The Morgan fingerprint density at radius 3 is 2.69 bits per heavy atom. The van der Waals surface area contributed by atoms with Crippen LogP contribution >= 0.6 is 0 Å². The van der Waals surface area contributed by atoms with E-state index in [9.17, 15) is 23.5 Å². The zero-order chi connectivity index (χ0) is 25.2.